The highest BCUT2D eigenvalue weighted by Crippen LogP contribution is 2.27. The highest BCUT2D eigenvalue weighted by Gasteiger charge is 2.16. The van der Waals surface area contributed by atoms with Gasteiger partial charge in [-0.15, -0.1) is 11.8 Å². The average Bonchev–Trinajstić information content (AvgIpc) is 2.74. The topological polar surface area (TPSA) is 95.5 Å². The van der Waals surface area contributed by atoms with Gasteiger partial charge in [-0.1, -0.05) is 24.3 Å². The molecular formula is C24H22N2O4S. The van der Waals surface area contributed by atoms with E-state index in [1.807, 2.05) is 43.3 Å². The van der Waals surface area contributed by atoms with Crippen LogP contribution in [0.15, 0.2) is 77.7 Å². The molecule has 0 aliphatic rings. The van der Waals surface area contributed by atoms with Gasteiger partial charge < -0.3 is 15.7 Å². The van der Waals surface area contributed by atoms with E-state index in [0.717, 1.165) is 10.5 Å². The molecule has 0 spiro atoms. The average molecular weight is 435 g/mol. The minimum absolute atomic E-state index is 0.157. The number of nitrogens with one attached hydrogen (secondary N) is 2. The van der Waals surface area contributed by atoms with Crippen LogP contribution < -0.4 is 10.6 Å². The maximum absolute atomic E-state index is 12.5. The summed E-state index contributed by atoms with van der Waals surface area (Å²) in [6.45, 7) is 3.67. The van der Waals surface area contributed by atoms with Gasteiger partial charge >= 0.3 is 5.97 Å². The summed E-state index contributed by atoms with van der Waals surface area (Å²) in [6, 6.07) is 20.7. The molecule has 0 bridgehead atoms. The molecule has 6 nitrogen and oxygen atoms in total. The Hall–Kier alpha value is -3.58. The predicted octanol–water partition coefficient (Wildman–Crippen LogP) is 5.06. The molecular weight excluding hydrogens is 412 g/mol. The number of thioether (sulfide) groups is 1. The Kier molecular flexibility index (Phi) is 7.10. The Morgan fingerprint density at radius 3 is 2.26 bits per heavy atom. The first-order valence-electron chi connectivity index (χ1n) is 9.61. The van der Waals surface area contributed by atoms with Crippen molar-refractivity contribution in [3.05, 3.63) is 89.5 Å². The fourth-order valence-corrected chi connectivity index (χ4v) is 3.80. The first-order valence-corrected chi connectivity index (χ1v) is 10.5. The summed E-state index contributed by atoms with van der Waals surface area (Å²) in [7, 11) is 0. The molecule has 7 heteroatoms. The number of carboxylic acids is 1. The van der Waals surface area contributed by atoms with Gasteiger partial charge in [-0.05, 0) is 67.9 Å². The van der Waals surface area contributed by atoms with Crippen LogP contribution in [0.4, 0.5) is 11.4 Å². The predicted molar refractivity (Wildman–Crippen MR) is 123 cm³/mol. The third kappa shape index (κ3) is 5.96. The Balaban J connectivity index is 1.61. The van der Waals surface area contributed by atoms with Crippen molar-refractivity contribution in [2.75, 3.05) is 10.6 Å². The number of benzene rings is 3. The smallest absolute Gasteiger partial charge is 0.335 e. The van der Waals surface area contributed by atoms with Gasteiger partial charge in [0.1, 0.15) is 0 Å². The molecule has 1 atom stereocenters. The molecule has 0 radical (unpaired) electrons. The van der Waals surface area contributed by atoms with Gasteiger partial charge in [0.25, 0.3) is 5.91 Å². The van der Waals surface area contributed by atoms with E-state index >= 15 is 0 Å². The van der Waals surface area contributed by atoms with Crippen LogP contribution >= 0.6 is 11.8 Å². The zero-order valence-electron chi connectivity index (χ0n) is 17.1. The van der Waals surface area contributed by atoms with Crippen molar-refractivity contribution >= 4 is 40.9 Å². The van der Waals surface area contributed by atoms with Crippen LogP contribution in [0.5, 0.6) is 0 Å². The summed E-state index contributed by atoms with van der Waals surface area (Å²) in [5, 5.41) is 14.2. The Morgan fingerprint density at radius 2 is 1.58 bits per heavy atom. The van der Waals surface area contributed by atoms with Crippen molar-refractivity contribution < 1.29 is 19.5 Å². The van der Waals surface area contributed by atoms with Gasteiger partial charge in [0.2, 0.25) is 5.91 Å². The second kappa shape index (κ2) is 9.95. The van der Waals surface area contributed by atoms with E-state index in [4.69, 9.17) is 5.11 Å². The molecule has 3 aromatic rings. The number of hydrogen-bond acceptors (Lipinski definition) is 4. The lowest BCUT2D eigenvalue weighted by Crippen LogP contribution is -2.22. The monoisotopic (exact) mass is 434 g/mol. The quantitative estimate of drug-likeness (QED) is 0.452. The number of carbonyl (C=O) groups excluding carboxylic acids is 2. The van der Waals surface area contributed by atoms with E-state index < -0.39 is 11.2 Å². The standard InChI is InChI=1S/C24H22N2O4S/c1-15-6-3-4-9-21(15)23(28)26-19-7-5-8-20(14-19)31-16(2)22(27)25-18-12-10-17(11-13-18)24(29)30/h3-14,16H,1-2H3,(H,25,27)(H,26,28)(H,29,30). The van der Waals surface area contributed by atoms with Crippen LogP contribution in [0, 0.1) is 6.92 Å². The fraction of sp³-hybridized carbons (Fsp3) is 0.125. The van der Waals surface area contributed by atoms with Crippen LogP contribution in [0.25, 0.3) is 0 Å². The number of hydrogen-bond donors (Lipinski definition) is 3. The Labute approximate surface area is 184 Å². The second-order valence-electron chi connectivity index (χ2n) is 6.93. The molecule has 0 aliphatic carbocycles. The molecule has 0 saturated carbocycles. The Morgan fingerprint density at radius 1 is 0.871 bits per heavy atom. The fourth-order valence-electron chi connectivity index (χ4n) is 2.87. The lowest BCUT2D eigenvalue weighted by molar-refractivity contribution is -0.115. The maximum Gasteiger partial charge on any atom is 0.335 e. The first kappa shape index (κ1) is 22.1. The van der Waals surface area contributed by atoms with Crippen molar-refractivity contribution in [1.29, 1.82) is 0 Å². The number of aromatic carboxylic acids is 1. The number of rotatable bonds is 7. The van der Waals surface area contributed by atoms with Gasteiger partial charge in [-0.25, -0.2) is 4.79 Å². The lowest BCUT2D eigenvalue weighted by Gasteiger charge is -2.13. The van der Waals surface area contributed by atoms with E-state index in [2.05, 4.69) is 10.6 Å². The molecule has 0 fully saturated rings. The normalized spacial score (nSPS) is 11.4. The van der Waals surface area contributed by atoms with Crippen molar-refractivity contribution in [3.8, 4) is 0 Å². The summed E-state index contributed by atoms with van der Waals surface area (Å²) in [4.78, 5) is 36.8. The van der Waals surface area contributed by atoms with Gasteiger partial charge in [0.05, 0.1) is 10.8 Å². The number of carboxylic acid groups (broad SMARTS) is 1. The second-order valence-corrected chi connectivity index (χ2v) is 8.34. The molecule has 1 unspecified atom stereocenters. The zero-order chi connectivity index (χ0) is 22.4. The van der Waals surface area contributed by atoms with Gasteiger partial charge in [0, 0.05) is 21.8 Å². The highest BCUT2D eigenvalue weighted by molar-refractivity contribution is 8.00. The minimum atomic E-state index is -1.02. The van der Waals surface area contributed by atoms with Gasteiger partial charge in [0.15, 0.2) is 0 Å². The summed E-state index contributed by atoms with van der Waals surface area (Å²) >= 11 is 1.36. The van der Waals surface area contributed by atoms with E-state index in [0.29, 0.717) is 16.9 Å². The molecule has 2 amide bonds. The summed E-state index contributed by atoms with van der Waals surface area (Å²) in [5.41, 5.74) is 2.84. The molecule has 0 saturated heterocycles. The maximum atomic E-state index is 12.5. The summed E-state index contributed by atoms with van der Waals surface area (Å²) < 4.78 is 0. The van der Waals surface area contributed by atoms with Crippen molar-refractivity contribution in [2.45, 2.75) is 24.0 Å². The zero-order valence-corrected chi connectivity index (χ0v) is 17.9. The first-order chi connectivity index (χ1) is 14.8. The number of amides is 2. The van der Waals surface area contributed by atoms with Crippen LogP contribution in [0.1, 0.15) is 33.2 Å². The van der Waals surface area contributed by atoms with Crippen LogP contribution in [0.2, 0.25) is 0 Å². The van der Waals surface area contributed by atoms with Gasteiger partial charge in [-0.3, -0.25) is 9.59 Å². The van der Waals surface area contributed by atoms with E-state index in [-0.39, 0.29) is 17.4 Å². The van der Waals surface area contributed by atoms with Crippen LogP contribution in [0.3, 0.4) is 0 Å². The summed E-state index contributed by atoms with van der Waals surface area (Å²) in [5.74, 6) is -1.41. The third-order valence-corrected chi connectivity index (χ3v) is 5.66. The molecule has 158 valence electrons. The SMILES string of the molecule is Cc1ccccc1C(=O)Nc1cccc(SC(C)C(=O)Nc2ccc(C(=O)O)cc2)c1. The molecule has 0 aliphatic heterocycles. The largest absolute Gasteiger partial charge is 0.478 e. The Bertz CT molecular complexity index is 1110. The van der Waals surface area contributed by atoms with Crippen molar-refractivity contribution in [3.63, 3.8) is 0 Å². The number of carbonyl (C=O) groups is 3. The van der Waals surface area contributed by atoms with E-state index in [9.17, 15) is 14.4 Å². The molecule has 3 rings (SSSR count). The van der Waals surface area contributed by atoms with Crippen molar-refractivity contribution in [1.82, 2.24) is 0 Å². The lowest BCUT2D eigenvalue weighted by atomic mass is 10.1. The highest BCUT2D eigenvalue weighted by atomic mass is 32.2. The van der Waals surface area contributed by atoms with Crippen LogP contribution in [-0.2, 0) is 4.79 Å². The van der Waals surface area contributed by atoms with E-state index in [1.165, 1.54) is 23.9 Å². The molecule has 3 N–H and O–H groups in total. The van der Waals surface area contributed by atoms with Crippen LogP contribution in [-0.4, -0.2) is 28.1 Å². The van der Waals surface area contributed by atoms with E-state index in [1.54, 1.807) is 31.2 Å². The molecule has 3 aromatic carbocycles. The molecule has 0 aromatic heterocycles. The number of anilines is 2. The summed E-state index contributed by atoms with van der Waals surface area (Å²) in [6.07, 6.45) is 0. The third-order valence-electron chi connectivity index (χ3n) is 4.56. The molecule has 0 heterocycles. The number of aryl methyl sites for hydroxylation is 1. The van der Waals surface area contributed by atoms with Gasteiger partial charge in [-0.2, -0.15) is 0 Å². The minimum Gasteiger partial charge on any atom is -0.478 e. The molecule has 31 heavy (non-hydrogen) atoms. The van der Waals surface area contributed by atoms with Crippen molar-refractivity contribution in [2.24, 2.45) is 0 Å².